The normalized spacial score (nSPS) is 23.1. The van der Waals surface area contributed by atoms with Crippen molar-refractivity contribution in [3.05, 3.63) is 35.5 Å². The number of carboxylic acid groups (broad SMARTS) is 1. The average Bonchev–Trinajstić information content (AvgIpc) is 3.52. The van der Waals surface area contributed by atoms with Crippen molar-refractivity contribution in [2.24, 2.45) is 0 Å². The van der Waals surface area contributed by atoms with Crippen molar-refractivity contribution >= 4 is 22.9 Å². The highest BCUT2D eigenvalue weighted by molar-refractivity contribution is 5.86. The van der Waals surface area contributed by atoms with Crippen LogP contribution < -0.4 is 0 Å². The van der Waals surface area contributed by atoms with E-state index >= 15 is 0 Å². The fourth-order valence-electron chi connectivity index (χ4n) is 5.31. The van der Waals surface area contributed by atoms with Crippen molar-refractivity contribution in [1.82, 2.24) is 14.4 Å². The van der Waals surface area contributed by atoms with Crippen LogP contribution in [0.25, 0.3) is 10.9 Å². The molecule has 2 fully saturated rings. The molecular weight excluding hydrogens is 408 g/mol. The zero-order valence-electron chi connectivity index (χ0n) is 18.7. The lowest BCUT2D eigenvalue weighted by Gasteiger charge is -2.30. The van der Waals surface area contributed by atoms with E-state index in [4.69, 9.17) is 4.74 Å². The molecule has 8 heteroatoms. The van der Waals surface area contributed by atoms with E-state index in [1.807, 2.05) is 23.1 Å². The predicted octanol–water partition coefficient (Wildman–Crippen LogP) is 3.22. The minimum Gasteiger partial charge on any atom is -0.465 e. The van der Waals surface area contributed by atoms with Crippen LogP contribution >= 0.6 is 0 Å². The van der Waals surface area contributed by atoms with E-state index in [0.29, 0.717) is 18.5 Å². The number of aromatic nitrogens is 1. The van der Waals surface area contributed by atoms with Gasteiger partial charge in [-0.05, 0) is 56.2 Å². The van der Waals surface area contributed by atoms with E-state index in [1.54, 1.807) is 7.11 Å². The van der Waals surface area contributed by atoms with Crippen molar-refractivity contribution in [2.45, 2.75) is 63.8 Å². The lowest BCUT2D eigenvalue weighted by atomic mass is 10.1. The molecule has 2 aliphatic rings. The number of rotatable bonds is 6. The molecule has 32 heavy (non-hydrogen) atoms. The number of likely N-dealkylation sites (tertiary alicyclic amines) is 2. The Morgan fingerprint density at radius 1 is 1.28 bits per heavy atom. The first-order valence-corrected chi connectivity index (χ1v) is 11.3. The zero-order valence-corrected chi connectivity index (χ0v) is 18.7. The number of benzene rings is 1. The van der Waals surface area contributed by atoms with E-state index in [0.717, 1.165) is 43.1 Å². The van der Waals surface area contributed by atoms with Crippen LogP contribution in [0.1, 0.15) is 43.9 Å². The smallest absolute Gasteiger partial charge is 0.408 e. The van der Waals surface area contributed by atoms with Crippen molar-refractivity contribution in [2.75, 3.05) is 20.2 Å². The molecule has 3 atom stereocenters. The monoisotopic (exact) mass is 438 g/mol. The lowest BCUT2D eigenvalue weighted by molar-refractivity contribution is -0.136. The summed E-state index contributed by atoms with van der Waals surface area (Å²) in [6.07, 6.45) is 2.64. The molecule has 0 aliphatic carbocycles. The molecule has 1 N–H and O–H groups in total. The van der Waals surface area contributed by atoms with Crippen LogP contribution in [0.5, 0.6) is 0 Å². The van der Waals surface area contributed by atoms with E-state index in [2.05, 4.69) is 23.6 Å². The van der Waals surface area contributed by atoms with Gasteiger partial charge in [0.2, 0.25) is 5.91 Å². The molecule has 2 aromatic rings. The molecule has 0 unspecified atom stereocenters. The maximum atomic E-state index is 13.3. The van der Waals surface area contributed by atoms with Gasteiger partial charge in [-0.25, -0.2) is 4.79 Å². The van der Waals surface area contributed by atoms with Gasteiger partial charge in [-0.15, -0.1) is 0 Å². The zero-order chi connectivity index (χ0) is 22.8. The molecule has 3 heterocycles. The van der Waals surface area contributed by atoms with Crippen LogP contribution in [0.3, 0.4) is 0 Å². The van der Waals surface area contributed by atoms with Crippen molar-refractivity contribution in [1.29, 1.82) is 5.26 Å². The molecule has 1 aromatic carbocycles. The molecule has 2 aliphatic heterocycles. The van der Waals surface area contributed by atoms with Gasteiger partial charge in [0.15, 0.2) is 0 Å². The topological polar surface area (TPSA) is 98.8 Å². The van der Waals surface area contributed by atoms with Gasteiger partial charge >= 0.3 is 6.09 Å². The number of hydrogen-bond acceptors (Lipinski definition) is 4. The molecule has 4 rings (SSSR count). The molecule has 0 spiro atoms. The highest BCUT2D eigenvalue weighted by Crippen LogP contribution is 2.29. The third-order valence-electron chi connectivity index (χ3n) is 6.96. The highest BCUT2D eigenvalue weighted by atomic mass is 16.5. The quantitative estimate of drug-likeness (QED) is 0.747. The summed E-state index contributed by atoms with van der Waals surface area (Å²) in [5, 5.41) is 19.9. The van der Waals surface area contributed by atoms with Crippen LogP contribution in [0, 0.1) is 11.3 Å². The third-order valence-corrected chi connectivity index (χ3v) is 6.96. The fourth-order valence-corrected chi connectivity index (χ4v) is 5.31. The Morgan fingerprint density at radius 2 is 2.09 bits per heavy atom. The number of amides is 2. The van der Waals surface area contributed by atoms with Crippen molar-refractivity contribution < 1.29 is 19.4 Å². The summed E-state index contributed by atoms with van der Waals surface area (Å²) in [6, 6.07) is 9.59. The molecule has 170 valence electrons. The number of carbonyl (C=O) groups is 2. The minimum absolute atomic E-state index is 0.0934. The maximum Gasteiger partial charge on any atom is 0.408 e. The van der Waals surface area contributed by atoms with Crippen molar-refractivity contribution in [3.8, 4) is 6.07 Å². The number of fused-ring (bicyclic) bond motifs is 1. The Labute approximate surface area is 188 Å². The molecule has 1 aromatic heterocycles. The van der Waals surface area contributed by atoms with Gasteiger partial charge in [0.1, 0.15) is 6.04 Å². The number of carbonyl (C=O) groups excluding carboxylic acids is 1. The first-order chi connectivity index (χ1) is 15.5. The molecule has 0 radical (unpaired) electrons. The Hall–Kier alpha value is -3.05. The number of methoxy groups -OCH3 is 1. The van der Waals surface area contributed by atoms with Gasteiger partial charge in [0, 0.05) is 43.9 Å². The molecular formula is C24H30N4O4. The van der Waals surface area contributed by atoms with E-state index < -0.39 is 12.1 Å². The molecule has 2 amide bonds. The highest BCUT2D eigenvalue weighted by Gasteiger charge is 2.43. The Kier molecular flexibility index (Phi) is 6.38. The van der Waals surface area contributed by atoms with Gasteiger partial charge in [-0.3, -0.25) is 9.69 Å². The number of hydrogen-bond donors (Lipinski definition) is 1. The van der Waals surface area contributed by atoms with Gasteiger partial charge in [-0.1, -0.05) is 6.07 Å². The summed E-state index contributed by atoms with van der Waals surface area (Å²) in [5.41, 5.74) is 2.91. The van der Waals surface area contributed by atoms with Crippen LogP contribution in [0.4, 0.5) is 4.79 Å². The van der Waals surface area contributed by atoms with Gasteiger partial charge in [-0.2, -0.15) is 5.26 Å². The minimum atomic E-state index is -1.07. The summed E-state index contributed by atoms with van der Waals surface area (Å²) in [7, 11) is 1.56. The summed E-state index contributed by atoms with van der Waals surface area (Å²) in [4.78, 5) is 28.1. The predicted molar refractivity (Wildman–Crippen MR) is 119 cm³/mol. The first kappa shape index (κ1) is 22.2. The van der Waals surface area contributed by atoms with Crippen LogP contribution in [-0.4, -0.2) is 69.9 Å². The van der Waals surface area contributed by atoms with Crippen molar-refractivity contribution in [3.63, 3.8) is 0 Å². The van der Waals surface area contributed by atoms with Crippen LogP contribution in [0.2, 0.25) is 0 Å². The van der Waals surface area contributed by atoms with Crippen LogP contribution in [-0.2, 0) is 22.5 Å². The summed E-state index contributed by atoms with van der Waals surface area (Å²) in [6.45, 7) is 3.82. The first-order valence-electron chi connectivity index (χ1n) is 11.3. The Balaban J connectivity index is 1.49. The summed E-state index contributed by atoms with van der Waals surface area (Å²) < 4.78 is 7.58. The van der Waals surface area contributed by atoms with Gasteiger partial charge in [0.05, 0.1) is 24.3 Å². The average molecular weight is 439 g/mol. The summed E-state index contributed by atoms with van der Waals surface area (Å²) in [5.74, 6) is -0.0934. The second kappa shape index (κ2) is 9.21. The van der Waals surface area contributed by atoms with E-state index in [9.17, 15) is 20.0 Å². The fraction of sp³-hybridized carbons (Fsp3) is 0.542. The standard InChI is InChI=1S/C24H30N4O4/c1-3-26-19(12-17-7-6-16(14-25)11-21(17)26)9-8-18-5-4-10-27(18)23(29)22-13-20(32-2)15-28(22)24(30)31/h6-7,11-12,18,20,22H,3-5,8-10,13,15H2,1-2H3,(H,30,31)/t18-,20+,22+/m0/s1. The maximum absolute atomic E-state index is 13.3. The Morgan fingerprint density at radius 3 is 2.78 bits per heavy atom. The lowest BCUT2D eigenvalue weighted by Crippen LogP contribution is -2.49. The number of aryl methyl sites for hydroxylation is 2. The molecule has 0 saturated carbocycles. The number of ether oxygens (including phenoxy) is 1. The van der Waals surface area contributed by atoms with E-state index in [-0.39, 0.29) is 24.6 Å². The SMILES string of the molecule is CCn1c(CC[C@@H]2CCCN2C(=O)[C@H]2C[C@@H](OC)CN2C(=O)O)cc2ccc(C#N)cc21. The Bertz CT molecular complexity index is 1060. The molecule has 2 saturated heterocycles. The summed E-state index contributed by atoms with van der Waals surface area (Å²) >= 11 is 0. The largest absolute Gasteiger partial charge is 0.465 e. The van der Waals surface area contributed by atoms with Gasteiger partial charge in [0.25, 0.3) is 0 Å². The second-order valence-electron chi connectivity index (χ2n) is 8.68. The van der Waals surface area contributed by atoms with Gasteiger partial charge < -0.3 is 19.3 Å². The number of nitrogens with zero attached hydrogens (tertiary/aromatic N) is 4. The third kappa shape index (κ3) is 4.05. The second-order valence-corrected chi connectivity index (χ2v) is 8.68. The van der Waals surface area contributed by atoms with E-state index in [1.165, 1.54) is 10.6 Å². The molecule has 0 bridgehead atoms. The molecule has 8 nitrogen and oxygen atoms in total. The van der Waals surface area contributed by atoms with Crippen LogP contribution in [0.15, 0.2) is 24.3 Å². The number of nitriles is 1.